The van der Waals surface area contributed by atoms with E-state index in [4.69, 9.17) is 5.26 Å². The molecule has 0 radical (unpaired) electrons. The van der Waals surface area contributed by atoms with Crippen molar-refractivity contribution in [3.05, 3.63) is 12.2 Å². The molecule has 23 heavy (non-hydrogen) atoms. The molecule has 5 rings (SSSR count). The zero-order valence-electron chi connectivity index (χ0n) is 13.5. The average molecular weight is 313 g/mol. The quantitative estimate of drug-likeness (QED) is 0.919. The summed E-state index contributed by atoms with van der Waals surface area (Å²) in [6, 6.07) is 2.09. The second-order valence-corrected chi connectivity index (χ2v) is 7.95. The third kappa shape index (κ3) is 2.62. The standard InChI is InChI=1S/C17H23N5O/c1-11(20-16(23)9-22-10-19-15(8-18)21-22)17-5-12-2-13(6-17)4-14(3-12)7-17/h10-14H,2-7,9H2,1H3,(H,20,23)/t11-,12?,13?,14?,17?/m0/s1. The van der Waals surface area contributed by atoms with Gasteiger partial charge in [0.25, 0.3) is 5.82 Å². The highest BCUT2D eigenvalue weighted by Crippen LogP contribution is 2.61. The summed E-state index contributed by atoms with van der Waals surface area (Å²) in [5.41, 5.74) is 0.310. The lowest BCUT2D eigenvalue weighted by Gasteiger charge is -2.59. The second kappa shape index (κ2) is 5.33. The van der Waals surface area contributed by atoms with Gasteiger partial charge in [-0.2, -0.15) is 5.26 Å². The minimum Gasteiger partial charge on any atom is -0.351 e. The minimum atomic E-state index is -0.0392. The van der Waals surface area contributed by atoms with Crippen LogP contribution in [0.2, 0.25) is 0 Å². The number of nitrogens with one attached hydrogen (secondary N) is 1. The van der Waals surface area contributed by atoms with Crippen LogP contribution in [-0.4, -0.2) is 26.7 Å². The molecular weight excluding hydrogens is 290 g/mol. The molecule has 6 nitrogen and oxygen atoms in total. The first-order valence-corrected chi connectivity index (χ1v) is 8.65. The Morgan fingerprint density at radius 2 is 2.00 bits per heavy atom. The highest BCUT2D eigenvalue weighted by atomic mass is 16.2. The summed E-state index contributed by atoms with van der Waals surface area (Å²) in [6.45, 7) is 2.30. The van der Waals surface area contributed by atoms with Crippen LogP contribution < -0.4 is 5.32 Å². The molecule has 4 aliphatic rings. The van der Waals surface area contributed by atoms with Crippen LogP contribution in [0, 0.1) is 34.5 Å². The van der Waals surface area contributed by atoms with Crippen molar-refractivity contribution in [1.29, 1.82) is 5.26 Å². The van der Waals surface area contributed by atoms with E-state index in [1.54, 1.807) is 0 Å². The van der Waals surface area contributed by atoms with Crippen molar-refractivity contribution in [2.24, 2.45) is 23.2 Å². The molecule has 6 heteroatoms. The van der Waals surface area contributed by atoms with Gasteiger partial charge >= 0.3 is 0 Å². The molecule has 4 fully saturated rings. The Kier molecular flexibility index (Phi) is 3.40. The molecule has 1 aromatic heterocycles. The number of hydrogen-bond acceptors (Lipinski definition) is 4. The number of carbonyl (C=O) groups is 1. The van der Waals surface area contributed by atoms with Gasteiger partial charge in [0, 0.05) is 6.04 Å². The maximum atomic E-state index is 12.3. The van der Waals surface area contributed by atoms with E-state index in [-0.39, 0.29) is 24.3 Å². The van der Waals surface area contributed by atoms with E-state index in [9.17, 15) is 4.79 Å². The molecule has 4 aliphatic carbocycles. The Bertz CT molecular complexity index is 623. The van der Waals surface area contributed by atoms with Gasteiger partial charge in [-0.3, -0.25) is 4.79 Å². The molecule has 1 N–H and O–H groups in total. The molecule has 1 heterocycles. The fourth-order valence-electron chi connectivity index (χ4n) is 5.72. The predicted molar refractivity (Wildman–Crippen MR) is 82.9 cm³/mol. The van der Waals surface area contributed by atoms with E-state index < -0.39 is 0 Å². The maximum Gasteiger partial charge on any atom is 0.252 e. The van der Waals surface area contributed by atoms with E-state index in [1.165, 1.54) is 49.5 Å². The molecule has 0 spiro atoms. The van der Waals surface area contributed by atoms with Gasteiger partial charge in [0.1, 0.15) is 18.9 Å². The van der Waals surface area contributed by atoms with Gasteiger partial charge in [0.05, 0.1) is 0 Å². The second-order valence-electron chi connectivity index (χ2n) is 7.95. The van der Waals surface area contributed by atoms with Crippen LogP contribution in [0.25, 0.3) is 0 Å². The van der Waals surface area contributed by atoms with Crippen LogP contribution in [0.5, 0.6) is 0 Å². The number of rotatable bonds is 4. The van der Waals surface area contributed by atoms with Gasteiger partial charge in [-0.1, -0.05) is 0 Å². The van der Waals surface area contributed by atoms with E-state index in [1.807, 2.05) is 6.07 Å². The first kappa shape index (κ1) is 14.7. The molecule has 0 saturated heterocycles. The molecular formula is C17H23N5O. The Morgan fingerprint density at radius 1 is 1.39 bits per heavy atom. The highest BCUT2D eigenvalue weighted by molar-refractivity contribution is 5.76. The average Bonchev–Trinajstić information content (AvgIpc) is 2.93. The van der Waals surface area contributed by atoms with Crippen molar-refractivity contribution in [2.45, 2.75) is 58.0 Å². The third-order valence-corrected chi connectivity index (χ3v) is 6.32. The summed E-state index contributed by atoms with van der Waals surface area (Å²) < 4.78 is 1.43. The Hall–Kier alpha value is -1.90. The predicted octanol–water partition coefficient (Wildman–Crippen LogP) is 1.87. The van der Waals surface area contributed by atoms with Crippen LogP contribution >= 0.6 is 0 Å². The van der Waals surface area contributed by atoms with E-state index in [2.05, 4.69) is 22.3 Å². The van der Waals surface area contributed by atoms with Crippen LogP contribution in [0.3, 0.4) is 0 Å². The highest BCUT2D eigenvalue weighted by Gasteiger charge is 2.53. The zero-order chi connectivity index (χ0) is 16.0. The lowest BCUT2D eigenvalue weighted by molar-refractivity contribution is -0.126. The molecule has 0 aliphatic heterocycles. The molecule has 122 valence electrons. The smallest absolute Gasteiger partial charge is 0.252 e. The summed E-state index contributed by atoms with van der Waals surface area (Å²) in [7, 11) is 0. The number of nitrogens with zero attached hydrogens (tertiary/aromatic N) is 4. The Balaban J connectivity index is 1.40. The summed E-state index contributed by atoms with van der Waals surface area (Å²) >= 11 is 0. The summed E-state index contributed by atoms with van der Waals surface area (Å²) in [4.78, 5) is 16.2. The van der Waals surface area contributed by atoms with Gasteiger partial charge in [0.2, 0.25) is 5.91 Å². The molecule has 4 bridgehead atoms. The van der Waals surface area contributed by atoms with Crippen molar-refractivity contribution >= 4 is 5.91 Å². The summed E-state index contributed by atoms with van der Waals surface area (Å²) in [5.74, 6) is 2.71. The first-order chi connectivity index (χ1) is 11.1. The van der Waals surface area contributed by atoms with Crippen molar-refractivity contribution in [3.8, 4) is 6.07 Å². The number of carbonyl (C=O) groups excluding carboxylic acids is 1. The fourth-order valence-corrected chi connectivity index (χ4v) is 5.72. The topological polar surface area (TPSA) is 83.6 Å². The monoisotopic (exact) mass is 313 g/mol. The lowest BCUT2D eigenvalue weighted by atomic mass is 9.48. The van der Waals surface area contributed by atoms with Crippen LogP contribution in [-0.2, 0) is 11.3 Å². The lowest BCUT2D eigenvalue weighted by Crippen LogP contribution is -2.56. The molecule has 4 saturated carbocycles. The van der Waals surface area contributed by atoms with E-state index >= 15 is 0 Å². The largest absolute Gasteiger partial charge is 0.351 e. The van der Waals surface area contributed by atoms with Crippen molar-refractivity contribution < 1.29 is 4.79 Å². The molecule has 0 unspecified atom stereocenters. The van der Waals surface area contributed by atoms with Gasteiger partial charge in [-0.25, -0.2) is 9.67 Å². The Morgan fingerprint density at radius 3 is 2.52 bits per heavy atom. The van der Waals surface area contributed by atoms with E-state index in [0.29, 0.717) is 5.41 Å². The first-order valence-electron chi connectivity index (χ1n) is 8.65. The van der Waals surface area contributed by atoms with Gasteiger partial charge < -0.3 is 5.32 Å². The maximum absolute atomic E-state index is 12.3. The molecule has 1 aromatic rings. The number of hydrogen-bond donors (Lipinski definition) is 1. The normalized spacial score (nSPS) is 35.7. The number of aromatic nitrogens is 3. The zero-order valence-corrected chi connectivity index (χ0v) is 13.5. The third-order valence-electron chi connectivity index (χ3n) is 6.32. The number of amides is 1. The van der Waals surface area contributed by atoms with Crippen LogP contribution in [0.4, 0.5) is 0 Å². The summed E-state index contributed by atoms with van der Waals surface area (Å²) in [6.07, 6.45) is 9.52. The Labute approximate surface area is 136 Å². The van der Waals surface area contributed by atoms with Gasteiger partial charge in [0.15, 0.2) is 0 Å². The molecule has 1 atom stereocenters. The van der Waals surface area contributed by atoms with Crippen molar-refractivity contribution in [1.82, 2.24) is 20.1 Å². The van der Waals surface area contributed by atoms with Gasteiger partial charge in [-0.15, -0.1) is 5.10 Å². The molecule has 1 amide bonds. The van der Waals surface area contributed by atoms with Gasteiger partial charge in [-0.05, 0) is 68.6 Å². The molecule has 0 aromatic carbocycles. The van der Waals surface area contributed by atoms with Crippen LogP contribution in [0.1, 0.15) is 51.3 Å². The van der Waals surface area contributed by atoms with Crippen molar-refractivity contribution in [3.63, 3.8) is 0 Å². The van der Waals surface area contributed by atoms with Crippen molar-refractivity contribution in [2.75, 3.05) is 0 Å². The fraction of sp³-hybridized carbons (Fsp3) is 0.765. The SMILES string of the molecule is C[C@H](NC(=O)Cn1cnc(C#N)n1)C12CC3CC(CC(C3)C1)C2. The number of nitriles is 1. The van der Waals surface area contributed by atoms with E-state index in [0.717, 1.165) is 17.8 Å². The summed E-state index contributed by atoms with van der Waals surface area (Å²) in [5, 5.41) is 15.9. The minimum absolute atomic E-state index is 0.0392. The van der Waals surface area contributed by atoms with Crippen LogP contribution in [0.15, 0.2) is 6.33 Å².